The van der Waals surface area contributed by atoms with Gasteiger partial charge in [0.1, 0.15) is 12.0 Å². The highest BCUT2D eigenvalue weighted by molar-refractivity contribution is 5.56. The van der Waals surface area contributed by atoms with Gasteiger partial charge in [0.15, 0.2) is 5.89 Å². The SMILES string of the molecule is CCCC(CC)c1nc(-c2ccn(C)c2)co1. The van der Waals surface area contributed by atoms with E-state index in [4.69, 9.17) is 4.42 Å². The maximum absolute atomic E-state index is 5.61. The van der Waals surface area contributed by atoms with Crippen LogP contribution in [0.5, 0.6) is 0 Å². The van der Waals surface area contributed by atoms with E-state index in [-0.39, 0.29) is 0 Å². The first-order valence-corrected chi connectivity index (χ1v) is 6.32. The Hall–Kier alpha value is -1.51. The lowest BCUT2D eigenvalue weighted by molar-refractivity contribution is 0.421. The van der Waals surface area contributed by atoms with Crippen molar-refractivity contribution in [3.05, 3.63) is 30.6 Å². The second-order valence-electron chi connectivity index (χ2n) is 4.53. The molecular weight excluding hydrogens is 212 g/mol. The third-order valence-corrected chi connectivity index (χ3v) is 3.13. The van der Waals surface area contributed by atoms with Gasteiger partial charge in [0, 0.05) is 30.9 Å². The van der Waals surface area contributed by atoms with Crippen LogP contribution >= 0.6 is 0 Å². The van der Waals surface area contributed by atoms with Crippen molar-refractivity contribution >= 4 is 0 Å². The van der Waals surface area contributed by atoms with Crippen molar-refractivity contribution in [2.75, 3.05) is 0 Å². The lowest BCUT2D eigenvalue weighted by Gasteiger charge is -2.07. The van der Waals surface area contributed by atoms with Gasteiger partial charge in [0.25, 0.3) is 0 Å². The van der Waals surface area contributed by atoms with E-state index in [1.54, 1.807) is 6.26 Å². The Bertz CT molecular complexity index is 470. The minimum Gasteiger partial charge on any atom is -0.448 e. The van der Waals surface area contributed by atoms with Crippen molar-refractivity contribution in [1.82, 2.24) is 9.55 Å². The Kier molecular flexibility index (Phi) is 3.67. The maximum atomic E-state index is 5.61. The Balaban J connectivity index is 2.20. The minimum absolute atomic E-state index is 0.456. The quantitative estimate of drug-likeness (QED) is 0.780. The molecule has 0 bridgehead atoms. The second kappa shape index (κ2) is 5.21. The van der Waals surface area contributed by atoms with Crippen LogP contribution in [0.1, 0.15) is 44.9 Å². The van der Waals surface area contributed by atoms with Crippen molar-refractivity contribution in [1.29, 1.82) is 0 Å². The molecule has 2 rings (SSSR count). The number of hydrogen-bond donors (Lipinski definition) is 0. The number of nitrogens with zero attached hydrogens (tertiary/aromatic N) is 2. The highest BCUT2D eigenvalue weighted by Gasteiger charge is 2.15. The number of rotatable bonds is 5. The fourth-order valence-corrected chi connectivity index (χ4v) is 2.11. The molecule has 17 heavy (non-hydrogen) atoms. The van der Waals surface area contributed by atoms with Crippen molar-refractivity contribution in [3.8, 4) is 11.3 Å². The van der Waals surface area contributed by atoms with Gasteiger partial charge in [-0.3, -0.25) is 0 Å². The van der Waals surface area contributed by atoms with E-state index in [0.717, 1.165) is 30.0 Å². The number of oxazole rings is 1. The monoisotopic (exact) mass is 232 g/mol. The van der Waals surface area contributed by atoms with Crippen molar-refractivity contribution < 1.29 is 4.42 Å². The number of hydrogen-bond acceptors (Lipinski definition) is 2. The average Bonchev–Trinajstić information content (AvgIpc) is 2.94. The molecule has 2 heterocycles. The van der Waals surface area contributed by atoms with Gasteiger partial charge in [-0.1, -0.05) is 20.3 Å². The summed E-state index contributed by atoms with van der Waals surface area (Å²) in [4.78, 5) is 4.60. The molecule has 0 aliphatic carbocycles. The zero-order valence-corrected chi connectivity index (χ0v) is 10.8. The third kappa shape index (κ3) is 2.60. The lowest BCUT2D eigenvalue weighted by atomic mass is 10.0. The number of aryl methyl sites for hydroxylation is 1. The molecule has 0 radical (unpaired) electrons. The first-order chi connectivity index (χ1) is 8.24. The molecule has 1 unspecified atom stereocenters. The van der Waals surface area contributed by atoms with Gasteiger partial charge >= 0.3 is 0 Å². The van der Waals surface area contributed by atoms with E-state index in [1.807, 2.05) is 17.8 Å². The molecule has 0 amide bonds. The van der Waals surface area contributed by atoms with Crippen LogP contribution in [-0.2, 0) is 7.05 Å². The summed E-state index contributed by atoms with van der Waals surface area (Å²) in [5.74, 6) is 1.34. The van der Waals surface area contributed by atoms with E-state index in [1.165, 1.54) is 6.42 Å². The summed E-state index contributed by atoms with van der Waals surface area (Å²) in [5, 5.41) is 0. The zero-order valence-electron chi connectivity index (χ0n) is 10.8. The van der Waals surface area contributed by atoms with Crippen LogP contribution in [0.25, 0.3) is 11.3 Å². The van der Waals surface area contributed by atoms with Gasteiger partial charge in [0.2, 0.25) is 0 Å². The minimum atomic E-state index is 0.456. The van der Waals surface area contributed by atoms with E-state index < -0.39 is 0 Å². The Morgan fingerprint density at radius 1 is 1.41 bits per heavy atom. The Labute approximate surface area is 102 Å². The smallest absolute Gasteiger partial charge is 0.197 e. The highest BCUT2D eigenvalue weighted by atomic mass is 16.3. The molecule has 2 aromatic heterocycles. The summed E-state index contributed by atoms with van der Waals surface area (Å²) in [7, 11) is 2.01. The molecule has 0 aliphatic rings. The first kappa shape index (κ1) is 12.0. The van der Waals surface area contributed by atoms with Gasteiger partial charge in [-0.2, -0.15) is 0 Å². The van der Waals surface area contributed by atoms with Gasteiger partial charge in [-0.05, 0) is 18.9 Å². The summed E-state index contributed by atoms with van der Waals surface area (Å²) in [6.07, 6.45) is 9.24. The van der Waals surface area contributed by atoms with E-state index >= 15 is 0 Å². The topological polar surface area (TPSA) is 31.0 Å². The van der Waals surface area contributed by atoms with E-state index in [9.17, 15) is 0 Å². The van der Waals surface area contributed by atoms with Crippen LogP contribution in [0, 0.1) is 0 Å². The molecule has 92 valence electrons. The molecular formula is C14H20N2O. The van der Waals surface area contributed by atoms with E-state index in [0.29, 0.717) is 5.92 Å². The highest BCUT2D eigenvalue weighted by Crippen LogP contribution is 2.27. The van der Waals surface area contributed by atoms with Crippen LogP contribution in [-0.4, -0.2) is 9.55 Å². The summed E-state index contributed by atoms with van der Waals surface area (Å²) >= 11 is 0. The van der Waals surface area contributed by atoms with Gasteiger partial charge in [0.05, 0.1) is 0 Å². The molecule has 0 saturated carbocycles. The molecule has 0 saturated heterocycles. The van der Waals surface area contributed by atoms with Crippen molar-refractivity contribution in [2.24, 2.45) is 7.05 Å². The van der Waals surface area contributed by atoms with Gasteiger partial charge in [-0.25, -0.2) is 4.98 Å². The number of aromatic nitrogens is 2. The maximum Gasteiger partial charge on any atom is 0.197 e. The largest absolute Gasteiger partial charge is 0.448 e. The third-order valence-electron chi connectivity index (χ3n) is 3.13. The summed E-state index contributed by atoms with van der Waals surface area (Å²) in [5.41, 5.74) is 2.06. The van der Waals surface area contributed by atoms with Crippen LogP contribution in [0.15, 0.2) is 29.1 Å². The van der Waals surface area contributed by atoms with Gasteiger partial charge in [-0.15, -0.1) is 0 Å². The van der Waals surface area contributed by atoms with Crippen LogP contribution in [0.3, 0.4) is 0 Å². The predicted octanol–water partition coefficient (Wildman–Crippen LogP) is 3.97. The summed E-state index contributed by atoms with van der Waals surface area (Å²) in [6, 6.07) is 2.06. The molecule has 0 aliphatic heterocycles. The molecule has 2 aromatic rings. The first-order valence-electron chi connectivity index (χ1n) is 6.32. The fourth-order valence-electron chi connectivity index (χ4n) is 2.11. The predicted molar refractivity (Wildman–Crippen MR) is 68.9 cm³/mol. The Morgan fingerprint density at radius 2 is 2.24 bits per heavy atom. The van der Waals surface area contributed by atoms with Crippen LogP contribution in [0.4, 0.5) is 0 Å². The zero-order chi connectivity index (χ0) is 12.3. The fraction of sp³-hybridized carbons (Fsp3) is 0.500. The van der Waals surface area contributed by atoms with Crippen LogP contribution in [0.2, 0.25) is 0 Å². The van der Waals surface area contributed by atoms with Crippen molar-refractivity contribution in [2.45, 2.75) is 39.0 Å². The molecule has 0 fully saturated rings. The van der Waals surface area contributed by atoms with Gasteiger partial charge < -0.3 is 8.98 Å². The standard InChI is InChI=1S/C14H20N2O/c1-4-6-11(5-2)14-15-13(10-17-14)12-7-8-16(3)9-12/h7-11H,4-6H2,1-3H3. The average molecular weight is 232 g/mol. The molecule has 3 heteroatoms. The lowest BCUT2D eigenvalue weighted by Crippen LogP contribution is -1.96. The van der Waals surface area contributed by atoms with Crippen LogP contribution < -0.4 is 0 Å². The molecule has 0 N–H and O–H groups in total. The normalized spacial score (nSPS) is 12.9. The van der Waals surface area contributed by atoms with Crippen molar-refractivity contribution in [3.63, 3.8) is 0 Å². The van der Waals surface area contributed by atoms with E-state index in [2.05, 4.69) is 31.1 Å². The summed E-state index contributed by atoms with van der Waals surface area (Å²) in [6.45, 7) is 4.39. The summed E-state index contributed by atoms with van der Waals surface area (Å²) < 4.78 is 7.63. The molecule has 0 aromatic carbocycles. The molecule has 3 nitrogen and oxygen atoms in total. The molecule has 0 spiro atoms. The second-order valence-corrected chi connectivity index (χ2v) is 4.53. The Morgan fingerprint density at radius 3 is 2.82 bits per heavy atom. The molecule has 1 atom stereocenters.